The third-order valence-electron chi connectivity index (χ3n) is 5.31. The number of hydrogen-bond donors (Lipinski definition) is 2. The first-order valence-electron chi connectivity index (χ1n) is 8.76. The monoisotopic (exact) mass is 343 g/mol. The highest BCUT2D eigenvalue weighted by Crippen LogP contribution is 2.37. The largest absolute Gasteiger partial charge is 0.378 e. The van der Waals surface area contributed by atoms with Crippen LogP contribution in [-0.2, 0) is 16.1 Å². The van der Waals surface area contributed by atoms with Crippen LogP contribution in [0.4, 0.5) is 0 Å². The van der Waals surface area contributed by atoms with E-state index in [0.29, 0.717) is 22.9 Å². The molecule has 1 aliphatic carbocycles. The Hall–Kier alpha value is -2.41. The van der Waals surface area contributed by atoms with E-state index >= 15 is 0 Å². The van der Waals surface area contributed by atoms with E-state index in [4.69, 9.17) is 4.74 Å². The number of aromatic amines is 1. The Morgan fingerprint density at radius 1 is 1.32 bits per heavy atom. The van der Waals surface area contributed by atoms with E-state index in [9.17, 15) is 14.4 Å². The Balaban J connectivity index is 1.43. The molecule has 2 aliphatic rings. The molecule has 0 unspecified atom stereocenters. The van der Waals surface area contributed by atoms with Crippen LogP contribution in [0.15, 0.2) is 33.9 Å². The summed E-state index contributed by atoms with van der Waals surface area (Å²) in [6.07, 6.45) is 3.51. The Kier molecular flexibility index (Phi) is 4.17. The number of H-pyrrole nitrogens is 1. The molecule has 2 fully saturated rings. The van der Waals surface area contributed by atoms with Crippen molar-refractivity contribution in [3.63, 3.8) is 0 Å². The highest BCUT2D eigenvalue weighted by atomic mass is 16.5. The fourth-order valence-corrected chi connectivity index (χ4v) is 3.92. The SMILES string of the molecule is O=C(CCn1c(=O)[nH]c(=O)c2ccccc21)N[C@@H]1C[C@@H]2OCCC[C@H]21. The second kappa shape index (κ2) is 6.48. The number of fused-ring (bicyclic) bond motifs is 2. The Bertz CT molecular complexity index is 916. The molecule has 0 spiro atoms. The molecular formula is C18H21N3O4. The summed E-state index contributed by atoms with van der Waals surface area (Å²) in [7, 11) is 0. The standard InChI is InChI=1S/C18H21N3O4/c22-16(19-13-10-15-11(13)5-3-9-25-15)7-8-21-14-6-2-1-4-12(14)17(23)20-18(21)24/h1-2,4,6,11,13,15H,3,5,7-10H2,(H,19,22)(H,20,23,24)/t11-,13+,15-/m0/s1. The van der Waals surface area contributed by atoms with Crippen molar-refractivity contribution in [1.29, 1.82) is 0 Å². The van der Waals surface area contributed by atoms with Crippen molar-refractivity contribution in [2.24, 2.45) is 5.92 Å². The fraction of sp³-hybridized carbons (Fsp3) is 0.500. The number of nitrogens with one attached hydrogen (secondary N) is 2. The summed E-state index contributed by atoms with van der Waals surface area (Å²) in [5, 5.41) is 3.51. The first-order valence-corrected chi connectivity index (χ1v) is 8.76. The number of hydrogen-bond acceptors (Lipinski definition) is 4. The van der Waals surface area contributed by atoms with Crippen molar-refractivity contribution < 1.29 is 9.53 Å². The van der Waals surface area contributed by atoms with Gasteiger partial charge in [0.05, 0.1) is 17.0 Å². The summed E-state index contributed by atoms with van der Waals surface area (Å²) < 4.78 is 7.11. The molecule has 1 saturated carbocycles. The predicted molar refractivity (Wildman–Crippen MR) is 92.5 cm³/mol. The van der Waals surface area contributed by atoms with Gasteiger partial charge in [0.2, 0.25) is 5.91 Å². The van der Waals surface area contributed by atoms with E-state index in [0.717, 1.165) is 25.9 Å². The third-order valence-corrected chi connectivity index (χ3v) is 5.31. The molecule has 7 heteroatoms. The Morgan fingerprint density at radius 2 is 2.16 bits per heavy atom. The highest BCUT2D eigenvalue weighted by Gasteiger charge is 2.43. The molecule has 25 heavy (non-hydrogen) atoms. The lowest BCUT2D eigenvalue weighted by Crippen LogP contribution is -2.57. The van der Waals surface area contributed by atoms with Crippen LogP contribution in [0.25, 0.3) is 10.9 Å². The fourth-order valence-electron chi connectivity index (χ4n) is 3.92. The molecule has 7 nitrogen and oxygen atoms in total. The summed E-state index contributed by atoms with van der Waals surface area (Å²) >= 11 is 0. The number of rotatable bonds is 4. The predicted octanol–water partition coefficient (Wildman–Crippen LogP) is 0.764. The van der Waals surface area contributed by atoms with Gasteiger partial charge >= 0.3 is 5.69 Å². The van der Waals surface area contributed by atoms with Gasteiger partial charge < -0.3 is 10.1 Å². The van der Waals surface area contributed by atoms with Crippen LogP contribution in [0.2, 0.25) is 0 Å². The maximum atomic E-state index is 12.3. The number of para-hydroxylation sites is 1. The van der Waals surface area contributed by atoms with Crippen LogP contribution in [0.3, 0.4) is 0 Å². The first kappa shape index (κ1) is 16.1. The van der Waals surface area contributed by atoms with E-state index in [1.807, 2.05) is 0 Å². The lowest BCUT2D eigenvalue weighted by Gasteiger charge is -2.47. The van der Waals surface area contributed by atoms with Gasteiger partial charge in [0.15, 0.2) is 0 Å². The Labute approximate surface area is 144 Å². The third kappa shape index (κ3) is 3.00. The average molecular weight is 343 g/mol. The van der Waals surface area contributed by atoms with Crippen LogP contribution in [0, 0.1) is 5.92 Å². The van der Waals surface area contributed by atoms with Gasteiger partial charge in [-0.1, -0.05) is 12.1 Å². The van der Waals surface area contributed by atoms with E-state index in [-0.39, 0.29) is 24.9 Å². The molecule has 0 radical (unpaired) electrons. The quantitative estimate of drug-likeness (QED) is 0.857. The van der Waals surface area contributed by atoms with Crippen molar-refractivity contribution in [1.82, 2.24) is 14.9 Å². The van der Waals surface area contributed by atoms with E-state index in [1.165, 1.54) is 4.57 Å². The van der Waals surface area contributed by atoms with Crippen LogP contribution in [0.1, 0.15) is 25.7 Å². The van der Waals surface area contributed by atoms with Gasteiger partial charge in [0.1, 0.15) is 0 Å². The van der Waals surface area contributed by atoms with Crippen LogP contribution >= 0.6 is 0 Å². The summed E-state index contributed by atoms with van der Waals surface area (Å²) in [5.41, 5.74) is -0.339. The number of amides is 1. The van der Waals surface area contributed by atoms with Gasteiger partial charge in [0, 0.05) is 31.5 Å². The number of carbonyl (C=O) groups excluding carboxylic acids is 1. The van der Waals surface area contributed by atoms with Gasteiger partial charge in [-0.05, 0) is 31.4 Å². The number of aromatic nitrogens is 2. The zero-order valence-electron chi connectivity index (χ0n) is 13.9. The number of benzene rings is 1. The maximum absolute atomic E-state index is 12.3. The molecule has 0 bridgehead atoms. The van der Waals surface area contributed by atoms with Crippen LogP contribution in [0.5, 0.6) is 0 Å². The van der Waals surface area contributed by atoms with Crippen molar-refractivity contribution >= 4 is 16.8 Å². The molecule has 1 aliphatic heterocycles. The molecule has 132 valence electrons. The first-order chi connectivity index (χ1) is 12.1. The number of aryl methyl sites for hydroxylation is 1. The van der Waals surface area contributed by atoms with Crippen molar-refractivity contribution in [2.45, 2.75) is 44.4 Å². The van der Waals surface area contributed by atoms with Gasteiger partial charge in [-0.3, -0.25) is 19.1 Å². The van der Waals surface area contributed by atoms with Crippen molar-refractivity contribution in [2.75, 3.05) is 6.61 Å². The summed E-state index contributed by atoms with van der Waals surface area (Å²) in [5.74, 6) is 0.352. The lowest BCUT2D eigenvalue weighted by molar-refractivity contribution is -0.131. The molecule has 4 rings (SSSR count). The van der Waals surface area contributed by atoms with Gasteiger partial charge in [-0.15, -0.1) is 0 Å². The number of nitrogens with zero attached hydrogens (tertiary/aromatic N) is 1. The minimum absolute atomic E-state index is 0.0730. The molecular weight excluding hydrogens is 322 g/mol. The molecule has 2 heterocycles. The Morgan fingerprint density at radius 3 is 3.00 bits per heavy atom. The summed E-state index contributed by atoms with van der Waals surface area (Å²) in [4.78, 5) is 38.5. The topological polar surface area (TPSA) is 93.2 Å². The molecule has 1 aromatic heterocycles. The van der Waals surface area contributed by atoms with Crippen LogP contribution in [-0.4, -0.2) is 34.2 Å². The van der Waals surface area contributed by atoms with Crippen molar-refractivity contribution in [3.05, 3.63) is 45.1 Å². The number of carbonyl (C=O) groups is 1. The van der Waals surface area contributed by atoms with Gasteiger partial charge in [0.25, 0.3) is 5.56 Å². The zero-order valence-corrected chi connectivity index (χ0v) is 13.9. The lowest BCUT2D eigenvalue weighted by atomic mass is 9.72. The smallest absolute Gasteiger partial charge is 0.328 e. The summed E-state index contributed by atoms with van der Waals surface area (Å²) in [6.45, 7) is 1.06. The minimum atomic E-state index is -0.485. The maximum Gasteiger partial charge on any atom is 0.328 e. The molecule has 3 atom stereocenters. The zero-order chi connectivity index (χ0) is 17.4. The second-order valence-corrected chi connectivity index (χ2v) is 6.80. The number of ether oxygens (including phenoxy) is 1. The van der Waals surface area contributed by atoms with Gasteiger partial charge in [-0.25, -0.2) is 4.79 Å². The molecule has 1 amide bonds. The molecule has 1 aromatic carbocycles. The molecule has 2 N–H and O–H groups in total. The minimum Gasteiger partial charge on any atom is -0.378 e. The van der Waals surface area contributed by atoms with E-state index in [1.54, 1.807) is 24.3 Å². The van der Waals surface area contributed by atoms with Crippen LogP contribution < -0.4 is 16.6 Å². The second-order valence-electron chi connectivity index (χ2n) is 6.80. The normalized spacial score (nSPS) is 25.2. The van der Waals surface area contributed by atoms with E-state index < -0.39 is 11.2 Å². The summed E-state index contributed by atoms with van der Waals surface area (Å²) in [6, 6.07) is 7.09. The highest BCUT2D eigenvalue weighted by molar-refractivity contribution is 5.79. The molecule has 2 aromatic rings. The van der Waals surface area contributed by atoms with Crippen molar-refractivity contribution in [3.8, 4) is 0 Å². The molecule has 1 saturated heterocycles. The van der Waals surface area contributed by atoms with Gasteiger partial charge in [-0.2, -0.15) is 0 Å². The van der Waals surface area contributed by atoms with E-state index in [2.05, 4.69) is 10.3 Å². The average Bonchev–Trinajstić information content (AvgIpc) is 2.59.